The molecule has 0 aliphatic carbocycles. The van der Waals surface area contributed by atoms with Gasteiger partial charge in [-0.05, 0) is 13.0 Å². The Bertz CT molecular complexity index is 178. The summed E-state index contributed by atoms with van der Waals surface area (Å²) in [5.41, 5.74) is 0. The Kier molecular flexibility index (Phi) is 4.12. The van der Waals surface area contributed by atoms with Crippen LogP contribution in [0.4, 0.5) is 0 Å². The molecule has 0 N–H and O–H groups in total. The van der Waals surface area contributed by atoms with Crippen LogP contribution < -0.4 is 0 Å². The molecule has 54 valence electrons. The average molecular weight is 138 g/mol. The first-order valence-electron chi connectivity index (χ1n) is 3.03. The largest absolute Gasteiger partial charge is 0.290 e. The van der Waals surface area contributed by atoms with E-state index in [1.807, 2.05) is 0 Å². The molecule has 0 heterocycles. The Labute approximate surface area is 60.2 Å². The van der Waals surface area contributed by atoms with Gasteiger partial charge in [-0.2, -0.15) is 0 Å². The van der Waals surface area contributed by atoms with Crippen molar-refractivity contribution >= 4 is 11.6 Å². The van der Waals surface area contributed by atoms with Gasteiger partial charge in [0.05, 0.1) is 0 Å². The molecule has 0 bridgehead atoms. The minimum absolute atomic E-state index is 0.128. The van der Waals surface area contributed by atoms with E-state index in [4.69, 9.17) is 0 Å². The first-order chi connectivity index (χ1) is 4.72. The summed E-state index contributed by atoms with van der Waals surface area (Å²) in [6, 6.07) is 0. The maximum atomic E-state index is 10.7. The van der Waals surface area contributed by atoms with Gasteiger partial charge in [-0.3, -0.25) is 9.59 Å². The fourth-order valence-electron chi connectivity index (χ4n) is 0.476. The molecule has 0 unspecified atom stereocenters. The lowest BCUT2D eigenvalue weighted by molar-refractivity contribution is -0.133. The van der Waals surface area contributed by atoms with E-state index in [1.54, 1.807) is 13.0 Å². The van der Waals surface area contributed by atoms with E-state index in [2.05, 4.69) is 6.58 Å². The topological polar surface area (TPSA) is 34.1 Å². The van der Waals surface area contributed by atoms with Crippen LogP contribution >= 0.6 is 0 Å². The van der Waals surface area contributed by atoms with Crippen molar-refractivity contribution in [2.75, 3.05) is 0 Å². The zero-order valence-corrected chi connectivity index (χ0v) is 5.96. The van der Waals surface area contributed by atoms with Crippen molar-refractivity contribution in [3.8, 4) is 0 Å². The van der Waals surface area contributed by atoms with Crippen molar-refractivity contribution in [2.45, 2.75) is 13.3 Å². The molecule has 2 nitrogen and oxygen atoms in total. The van der Waals surface area contributed by atoms with Crippen molar-refractivity contribution in [3.63, 3.8) is 0 Å². The van der Waals surface area contributed by atoms with Crippen LogP contribution in [0, 0.1) is 0 Å². The summed E-state index contributed by atoms with van der Waals surface area (Å²) < 4.78 is 0. The van der Waals surface area contributed by atoms with Crippen LogP contribution in [-0.4, -0.2) is 11.6 Å². The second-order valence-electron chi connectivity index (χ2n) is 1.78. The maximum Gasteiger partial charge on any atom is 0.221 e. The number of Topliss-reactive ketones (excluding diaryl/α,β-unsaturated/α-hetero) is 1. The Morgan fingerprint density at radius 2 is 2.10 bits per heavy atom. The summed E-state index contributed by atoms with van der Waals surface area (Å²) in [6.07, 6.45) is 4.35. The molecular weight excluding hydrogens is 128 g/mol. The van der Waals surface area contributed by atoms with Gasteiger partial charge in [0, 0.05) is 6.42 Å². The van der Waals surface area contributed by atoms with Crippen LogP contribution in [-0.2, 0) is 9.59 Å². The summed E-state index contributed by atoms with van der Waals surface area (Å²) in [7, 11) is 0. The number of hydrogen-bond acceptors (Lipinski definition) is 2. The first kappa shape index (κ1) is 8.82. The summed E-state index contributed by atoms with van der Waals surface area (Å²) in [5, 5.41) is 0. The van der Waals surface area contributed by atoms with Crippen molar-refractivity contribution in [1.29, 1.82) is 0 Å². The predicted octanol–water partition coefficient (Wildman–Crippen LogP) is 1.28. The molecule has 0 amide bonds. The Hall–Kier alpha value is -1.18. The maximum absolute atomic E-state index is 10.7. The predicted molar refractivity (Wildman–Crippen MR) is 39.6 cm³/mol. The van der Waals surface area contributed by atoms with Gasteiger partial charge >= 0.3 is 0 Å². The number of carbonyl (C=O) groups excluding carboxylic acids is 2. The molecule has 0 saturated heterocycles. The minimum atomic E-state index is -0.456. The van der Waals surface area contributed by atoms with Gasteiger partial charge in [-0.1, -0.05) is 12.2 Å². The minimum Gasteiger partial charge on any atom is -0.290 e. The van der Waals surface area contributed by atoms with Crippen LogP contribution in [0.1, 0.15) is 13.3 Å². The molecule has 0 aliphatic rings. The Morgan fingerprint density at radius 1 is 1.50 bits per heavy atom. The van der Waals surface area contributed by atoms with Crippen molar-refractivity contribution in [1.82, 2.24) is 0 Å². The molecule has 0 saturated carbocycles. The number of rotatable bonds is 4. The Morgan fingerprint density at radius 3 is 2.50 bits per heavy atom. The van der Waals surface area contributed by atoms with Crippen LogP contribution in [0.3, 0.4) is 0 Å². The molecule has 10 heavy (non-hydrogen) atoms. The van der Waals surface area contributed by atoms with Gasteiger partial charge in [-0.15, -0.1) is 6.58 Å². The fraction of sp³-hybridized carbons (Fsp3) is 0.250. The highest BCUT2D eigenvalue weighted by Gasteiger charge is 2.05. The highest BCUT2D eigenvalue weighted by molar-refractivity contribution is 6.41. The molecular formula is C8H10O2. The molecule has 0 radical (unpaired) electrons. The SMILES string of the molecule is C=CCC(=O)C(=O)/C=C/C. The van der Waals surface area contributed by atoms with Crippen LogP contribution in [0.2, 0.25) is 0 Å². The quantitative estimate of drug-likeness (QED) is 0.333. The standard InChI is InChI=1S/C8H10O2/c1-3-5-7(9)8(10)6-4-2/h3-4,6H,1,5H2,2H3/b6-4+. The van der Waals surface area contributed by atoms with Gasteiger partial charge in [0.15, 0.2) is 0 Å². The van der Waals surface area contributed by atoms with E-state index >= 15 is 0 Å². The molecule has 0 rings (SSSR count). The highest BCUT2D eigenvalue weighted by atomic mass is 16.2. The van der Waals surface area contributed by atoms with E-state index in [0.29, 0.717) is 0 Å². The second kappa shape index (κ2) is 4.68. The fourth-order valence-corrected chi connectivity index (χ4v) is 0.476. The third-order valence-electron chi connectivity index (χ3n) is 0.923. The summed E-state index contributed by atoms with van der Waals surface area (Å²) >= 11 is 0. The third kappa shape index (κ3) is 2.97. The van der Waals surface area contributed by atoms with Crippen molar-refractivity contribution in [2.24, 2.45) is 0 Å². The van der Waals surface area contributed by atoms with Gasteiger partial charge in [-0.25, -0.2) is 0 Å². The summed E-state index contributed by atoms with van der Waals surface area (Å²) in [5.74, 6) is -0.865. The second-order valence-corrected chi connectivity index (χ2v) is 1.78. The lowest BCUT2D eigenvalue weighted by atomic mass is 10.2. The van der Waals surface area contributed by atoms with Crippen molar-refractivity contribution in [3.05, 3.63) is 24.8 Å². The number of carbonyl (C=O) groups is 2. The van der Waals surface area contributed by atoms with Crippen LogP contribution in [0.25, 0.3) is 0 Å². The molecule has 0 aromatic heterocycles. The van der Waals surface area contributed by atoms with Crippen LogP contribution in [0.15, 0.2) is 24.8 Å². The summed E-state index contributed by atoms with van der Waals surface area (Å²) in [6.45, 7) is 5.04. The molecule has 0 aromatic rings. The smallest absolute Gasteiger partial charge is 0.221 e. The molecule has 0 aliphatic heterocycles. The van der Waals surface area contributed by atoms with E-state index in [0.717, 1.165) is 0 Å². The normalized spacial score (nSPS) is 9.70. The molecule has 0 spiro atoms. The lowest BCUT2D eigenvalue weighted by Crippen LogP contribution is -2.08. The average Bonchev–Trinajstić information content (AvgIpc) is 1.89. The zero-order valence-electron chi connectivity index (χ0n) is 5.96. The van der Waals surface area contributed by atoms with Gasteiger partial charge in [0.25, 0.3) is 0 Å². The third-order valence-corrected chi connectivity index (χ3v) is 0.923. The zero-order chi connectivity index (χ0) is 7.98. The highest BCUT2D eigenvalue weighted by Crippen LogP contribution is 1.87. The van der Waals surface area contributed by atoms with E-state index in [-0.39, 0.29) is 6.42 Å². The number of hydrogen-bond donors (Lipinski definition) is 0. The summed E-state index contributed by atoms with van der Waals surface area (Å²) in [4.78, 5) is 21.3. The monoisotopic (exact) mass is 138 g/mol. The van der Waals surface area contributed by atoms with Crippen LogP contribution in [0.5, 0.6) is 0 Å². The lowest BCUT2D eigenvalue weighted by Gasteiger charge is -1.86. The van der Waals surface area contributed by atoms with Gasteiger partial charge in [0.2, 0.25) is 11.6 Å². The number of allylic oxidation sites excluding steroid dienone is 3. The van der Waals surface area contributed by atoms with E-state index < -0.39 is 11.6 Å². The Balaban J connectivity index is 3.95. The molecule has 0 fully saturated rings. The number of ketones is 2. The van der Waals surface area contributed by atoms with E-state index in [1.165, 1.54) is 12.2 Å². The van der Waals surface area contributed by atoms with E-state index in [9.17, 15) is 9.59 Å². The molecule has 0 aromatic carbocycles. The van der Waals surface area contributed by atoms with Crippen molar-refractivity contribution < 1.29 is 9.59 Å². The van der Waals surface area contributed by atoms with Gasteiger partial charge < -0.3 is 0 Å². The molecule has 0 atom stereocenters. The molecule has 2 heteroatoms. The first-order valence-corrected chi connectivity index (χ1v) is 3.03. The van der Waals surface area contributed by atoms with Gasteiger partial charge in [0.1, 0.15) is 0 Å².